The zero-order valence-corrected chi connectivity index (χ0v) is 24.3. The van der Waals surface area contributed by atoms with Gasteiger partial charge in [-0.3, -0.25) is 9.89 Å². The molecular weight excluding hydrogens is 641 g/mol. The average molecular weight is 671 g/mol. The topological polar surface area (TPSA) is 163 Å². The van der Waals surface area contributed by atoms with Crippen molar-refractivity contribution in [3.8, 4) is 28.4 Å². The molecule has 0 atom stereocenters. The van der Waals surface area contributed by atoms with Crippen molar-refractivity contribution in [3.63, 3.8) is 0 Å². The Morgan fingerprint density at radius 2 is 1.54 bits per heavy atom. The first-order chi connectivity index (χ1) is 21.3. The Morgan fingerprint density at radius 1 is 0.957 bits per heavy atom. The molecule has 0 unspecified atom stereocenters. The lowest BCUT2D eigenvalue weighted by Gasteiger charge is -2.16. The summed E-state index contributed by atoms with van der Waals surface area (Å²) in [6, 6.07) is 9.73. The molecule has 19 heteroatoms. The molecule has 3 rings (SSSR count). The van der Waals surface area contributed by atoms with E-state index >= 15 is 0 Å². The van der Waals surface area contributed by atoms with Crippen molar-refractivity contribution in [2.75, 3.05) is 46.3 Å². The molecule has 0 bridgehead atoms. The number of nitrogens with one attached hydrogen (secondary N) is 2. The van der Waals surface area contributed by atoms with E-state index in [-0.39, 0.29) is 12.3 Å². The van der Waals surface area contributed by atoms with Crippen LogP contribution in [0.5, 0.6) is 17.2 Å². The molecule has 1 amide bonds. The van der Waals surface area contributed by atoms with Crippen LogP contribution in [-0.4, -0.2) is 96.5 Å². The smallest absolute Gasteiger partial charge is 0.490 e. The molecule has 0 fully saturated rings. The number of halogens is 7. The van der Waals surface area contributed by atoms with Gasteiger partial charge in [0, 0.05) is 36.0 Å². The van der Waals surface area contributed by atoms with Crippen molar-refractivity contribution in [1.29, 1.82) is 0 Å². The molecule has 2 aromatic carbocycles. The highest BCUT2D eigenvalue weighted by atomic mass is 19.4. The van der Waals surface area contributed by atoms with E-state index in [1.54, 1.807) is 43.6 Å². The van der Waals surface area contributed by atoms with E-state index in [1.165, 1.54) is 12.3 Å². The molecule has 0 saturated carbocycles. The third kappa shape index (κ3) is 14.6. The summed E-state index contributed by atoms with van der Waals surface area (Å²) < 4.78 is 94.8. The maximum absolute atomic E-state index is 14.8. The van der Waals surface area contributed by atoms with E-state index in [0.29, 0.717) is 35.0 Å². The van der Waals surface area contributed by atoms with E-state index in [2.05, 4.69) is 15.5 Å². The van der Waals surface area contributed by atoms with Crippen molar-refractivity contribution in [2.24, 2.45) is 0 Å². The van der Waals surface area contributed by atoms with Gasteiger partial charge in [-0.15, -0.1) is 0 Å². The summed E-state index contributed by atoms with van der Waals surface area (Å²) in [5.41, 5.74) is 1.14. The van der Waals surface area contributed by atoms with Crippen LogP contribution in [0.4, 0.5) is 36.4 Å². The zero-order valence-electron chi connectivity index (χ0n) is 24.3. The number of aromatic nitrogens is 2. The number of aromatic amines is 1. The molecule has 0 radical (unpaired) electrons. The molecule has 3 aromatic rings. The first-order valence-electron chi connectivity index (χ1n) is 12.6. The van der Waals surface area contributed by atoms with Crippen molar-refractivity contribution in [1.82, 2.24) is 15.1 Å². The van der Waals surface area contributed by atoms with E-state index in [0.717, 1.165) is 13.0 Å². The Balaban J connectivity index is 0.000000629. The van der Waals surface area contributed by atoms with Gasteiger partial charge < -0.3 is 34.6 Å². The first-order valence-corrected chi connectivity index (χ1v) is 12.6. The maximum atomic E-state index is 14.8. The van der Waals surface area contributed by atoms with Gasteiger partial charge in [0.05, 0.1) is 25.6 Å². The number of alkyl halides is 6. The molecule has 0 spiro atoms. The summed E-state index contributed by atoms with van der Waals surface area (Å²) in [7, 11) is 5.50. The van der Waals surface area contributed by atoms with Crippen LogP contribution in [-0.2, 0) is 14.4 Å². The number of carbonyl (C=O) groups is 3. The minimum absolute atomic E-state index is 0.235. The predicted molar refractivity (Wildman–Crippen MR) is 147 cm³/mol. The Morgan fingerprint density at radius 3 is 2.04 bits per heavy atom. The van der Waals surface area contributed by atoms with Gasteiger partial charge in [0.15, 0.2) is 6.61 Å². The second kappa shape index (κ2) is 18.0. The van der Waals surface area contributed by atoms with Gasteiger partial charge >= 0.3 is 24.3 Å². The van der Waals surface area contributed by atoms with Crippen LogP contribution < -0.4 is 19.5 Å². The Kier molecular flexibility index (Phi) is 15.3. The summed E-state index contributed by atoms with van der Waals surface area (Å²) in [5.74, 6) is -4.98. The number of methoxy groups -OCH3 is 1. The maximum Gasteiger partial charge on any atom is 0.490 e. The minimum Gasteiger partial charge on any atom is -0.497 e. The van der Waals surface area contributed by atoms with Crippen LogP contribution in [0.25, 0.3) is 11.1 Å². The highest BCUT2D eigenvalue weighted by Gasteiger charge is 2.38. The predicted octanol–water partition coefficient (Wildman–Crippen LogP) is 4.84. The number of hydrogen-bond donors (Lipinski definition) is 4. The lowest BCUT2D eigenvalue weighted by atomic mass is 10.1. The molecule has 0 aliphatic carbocycles. The number of aliphatic carboxylic acids is 2. The Hall–Kier alpha value is -5.07. The standard InChI is InChI=1S/C23H27FN4O4.2C2HF3O2/c1-28(2)8-5-9-31-22-11-19(16-13-25-26-14-16)20(24)12-21(22)27-23(29)15-32-18-7-4-6-17(10-18)30-3;2*3-2(4,5)1(6)7/h4,6-7,10-14H,5,8-9,15H2,1-3H3,(H,25,26)(H,27,29);2*(H,6,7). The minimum atomic E-state index is -5.08. The molecule has 46 heavy (non-hydrogen) atoms. The number of hydrogen-bond acceptors (Lipinski definition) is 8. The van der Waals surface area contributed by atoms with Crippen molar-refractivity contribution in [2.45, 2.75) is 18.8 Å². The van der Waals surface area contributed by atoms with Gasteiger partial charge in [0.25, 0.3) is 5.91 Å². The summed E-state index contributed by atoms with van der Waals surface area (Å²) in [5, 5.41) is 23.5. The van der Waals surface area contributed by atoms with E-state index < -0.39 is 36.0 Å². The van der Waals surface area contributed by atoms with Gasteiger partial charge in [-0.1, -0.05) is 6.07 Å². The highest BCUT2D eigenvalue weighted by Crippen LogP contribution is 2.33. The van der Waals surface area contributed by atoms with Crippen molar-refractivity contribution in [3.05, 3.63) is 54.6 Å². The molecule has 0 aliphatic heterocycles. The SMILES string of the molecule is COc1cccc(OCC(=O)Nc2cc(F)c(-c3cn[nH]c3)cc2OCCCN(C)C)c1.O=C(O)C(F)(F)F.O=C(O)C(F)(F)F. The second-order valence-corrected chi connectivity index (χ2v) is 8.94. The molecule has 0 aliphatic rings. The molecule has 12 nitrogen and oxygen atoms in total. The zero-order chi connectivity index (χ0) is 35.1. The van der Waals surface area contributed by atoms with Crippen LogP contribution in [0.1, 0.15) is 6.42 Å². The quantitative estimate of drug-likeness (QED) is 0.164. The fraction of sp³-hybridized carbons (Fsp3) is 0.333. The molecule has 0 saturated heterocycles. The van der Waals surface area contributed by atoms with Gasteiger partial charge in [-0.2, -0.15) is 31.4 Å². The van der Waals surface area contributed by atoms with Gasteiger partial charge in [-0.25, -0.2) is 14.0 Å². The largest absolute Gasteiger partial charge is 0.497 e. The lowest BCUT2D eigenvalue weighted by molar-refractivity contribution is -0.193. The van der Waals surface area contributed by atoms with Crippen molar-refractivity contribution < 1.29 is 69.5 Å². The lowest BCUT2D eigenvalue weighted by Crippen LogP contribution is -2.21. The number of H-pyrrole nitrogens is 1. The van der Waals surface area contributed by atoms with E-state index in [4.69, 9.17) is 34.0 Å². The van der Waals surface area contributed by atoms with Gasteiger partial charge in [0.1, 0.15) is 23.1 Å². The van der Waals surface area contributed by atoms with Gasteiger partial charge in [-0.05, 0) is 38.7 Å². The molecule has 1 heterocycles. The number of carboxylic acids is 2. The first kappa shape index (κ1) is 39.0. The Labute approximate surface area is 256 Å². The normalized spacial score (nSPS) is 10.9. The number of carbonyl (C=O) groups excluding carboxylic acids is 1. The number of amides is 1. The number of rotatable bonds is 11. The van der Waals surface area contributed by atoms with E-state index in [1.807, 2.05) is 19.0 Å². The average Bonchev–Trinajstić information content (AvgIpc) is 3.49. The number of nitrogens with zero attached hydrogens (tertiary/aromatic N) is 2. The molecule has 1 aromatic heterocycles. The van der Waals surface area contributed by atoms with E-state index in [9.17, 15) is 35.5 Å². The molecule has 254 valence electrons. The van der Waals surface area contributed by atoms with Crippen LogP contribution in [0.15, 0.2) is 48.8 Å². The van der Waals surface area contributed by atoms with Gasteiger partial charge in [0.2, 0.25) is 0 Å². The monoisotopic (exact) mass is 670 g/mol. The summed E-state index contributed by atoms with van der Waals surface area (Å²) >= 11 is 0. The Bertz CT molecular complexity index is 1390. The third-order valence-electron chi connectivity index (χ3n) is 5.06. The number of anilines is 1. The van der Waals surface area contributed by atoms with Crippen LogP contribution >= 0.6 is 0 Å². The number of ether oxygens (including phenoxy) is 3. The van der Waals surface area contributed by atoms with Crippen molar-refractivity contribution >= 4 is 23.5 Å². The second-order valence-electron chi connectivity index (χ2n) is 8.94. The fourth-order valence-corrected chi connectivity index (χ4v) is 2.98. The fourth-order valence-electron chi connectivity index (χ4n) is 2.98. The molecular formula is C27H29F7N4O8. The summed E-state index contributed by atoms with van der Waals surface area (Å²) in [6.07, 6.45) is -6.28. The van der Waals surface area contributed by atoms with Crippen LogP contribution in [0, 0.1) is 5.82 Å². The third-order valence-corrected chi connectivity index (χ3v) is 5.06. The highest BCUT2D eigenvalue weighted by molar-refractivity contribution is 5.94. The molecule has 4 N–H and O–H groups in total. The van der Waals surface area contributed by atoms with Crippen LogP contribution in [0.2, 0.25) is 0 Å². The van der Waals surface area contributed by atoms with Crippen LogP contribution in [0.3, 0.4) is 0 Å². The number of benzene rings is 2. The summed E-state index contributed by atoms with van der Waals surface area (Å²) in [4.78, 5) is 32.3. The number of carboxylic acid groups (broad SMARTS) is 2. The summed E-state index contributed by atoms with van der Waals surface area (Å²) in [6.45, 7) is 1.00.